The quantitative estimate of drug-likeness (QED) is 0.882. The molecule has 0 spiro atoms. The van der Waals surface area contributed by atoms with Gasteiger partial charge in [-0.2, -0.15) is 4.98 Å². The van der Waals surface area contributed by atoms with Gasteiger partial charge < -0.3 is 14.7 Å². The first-order chi connectivity index (χ1) is 10.1. The van der Waals surface area contributed by atoms with Crippen molar-refractivity contribution in [2.45, 2.75) is 32.7 Å². The van der Waals surface area contributed by atoms with E-state index in [1.807, 2.05) is 19.2 Å². The van der Waals surface area contributed by atoms with Crippen LogP contribution < -0.4 is 5.32 Å². The maximum absolute atomic E-state index is 11.9. The normalized spacial score (nSPS) is 10.9. The van der Waals surface area contributed by atoms with Gasteiger partial charge in [0.2, 0.25) is 5.89 Å². The largest absolute Gasteiger partial charge is 0.339 e. The molecule has 0 aromatic carbocycles. The molecule has 1 N–H and O–H groups in total. The van der Waals surface area contributed by atoms with Gasteiger partial charge in [0.05, 0.1) is 17.7 Å². The molecule has 8 heteroatoms. The van der Waals surface area contributed by atoms with Crippen molar-refractivity contribution in [2.24, 2.45) is 0 Å². The van der Waals surface area contributed by atoms with E-state index in [4.69, 9.17) is 4.52 Å². The molecular weight excluding hydrogens is 290 g/mol. The van der Waals surface area contributed by atoms with Gasteiger partial charge in [-0.25, -0.2) is 9.78 Å². The van der Waals surface area contributed by atoms with Crippen LogP contribution in [0.3, 0.4) is 0 Å². The summed E-state index contributed by atoms with van der Waals surface area (Å²) in [6, 6.07) is -0.143. The first-order valence-corrected chi connectivity index (χ1v) is 7.69. The third-order valence-corrected chi connectivity index (χ3v) is 3.47. The van der Waals surface area contributed by atoms with Crippen LogP contribution in [-0.2, 0) is 13.0 Å². The standard InChI is InChI=1S/C13H19N5O2S/c1-9(2)12-16-11(17-20-12)4-5-14-13(19)18(3)6-10-7-21-8-15-10/h7-9H,4-6H2,1-3H3,(H,14,19). The lowest BCUT2D eigenvalue weighted by Gasteiger charge is -2.16. The Balaban J connectivity index is 1.73. The van der Waals surface area contributed by atoms with E-state index in [2.05, 4.69) is 20.4 Å². The first kappa shape index (κ1) is 15.4. The van der Waals surface area contributed by atoms with Gasteiger partial charge in [-0.15, -0.1) is 11.3 Å². The van der Waals surface area contributed by atoms with Crippen LogP contribution in [-0.4, -0.2) is 39.6 Å². The Morgan fingerprint density at radius 3 is 2.95 bits per heavy atom. The zero-order valence-electron chi connectivity index (χ0n) is 12.4. The predicted octanol–water partition coefficient (Wildman–Crippen LogP) is 2.03. The molecule has 2 rings (SSSR count). The summed E-state index contributed by atoms with van der Waals surface area (Å²) in [6.07, 6.45) is 0.548. The average Bonchev–Trinajstić information content (AvgIpc) is 3.09. The lowest BCUT2D eigenvalue weighted by atomic mass is 10.2. The van der Waals surface area contributed by atoms with Crippen LogP contribution in [0.5, 0.6) is 0 Å². The van der Waals surface area contributed by atoms with Crippen LogP contribution in [0.1, 0.15) is 37.2 Å². The van der Waals surface area contributed by atoms with E-state index < -0.39 is 0 Å². The summed E-state index contributed by atoms with van der Waals surface area (Å²) < 4.78 is 5.11. The molecule has 2 aromatic rings. The van der Waals surface area contributed by atoms with Gasteiger partial charge in [0.25, 0.3) is 0 Å². The minimum absolute atomic E-state index is 0.143. The number of aromatic nitrogens is 3. The molecule has 0 saturated carbocycles. The van der Waals surface area contributed by atoms with E-state index in [0.717, 1.165) is 5.69 Å². The number of nitrogens with zero attached hydrogens (tertiary/aromatic N) is 4. The summed E-state index contributed by atoms with van der Waals surface area (Å²) in [5, 5.41) is 8.63. The fourth-order valence-corrected chi connectivity index (χ4v) is 2.20. The summed E-state index contributed by atoms with van der Waals surface area (Å²) in [5.41, 5.74) is 2.64. The lowest BCUT2D eigenvalue weighted by Crippen LogP contribution is -2.37. The Hall–Kier alpha value is -1.96. The monoisotopic (exact) mass is 309 g/mol. The number of hydrogen-bond donors (Lipinski definition) is 1. The highest BCUT2D eigenvalue weighted by atomic mass is 32.1. The SMILES string of the molecule is CC(C)c1nc(CCNC(=O)N(C)Cc2cscn2)no1. The maximum atomic E-state index is 11.9. The summed E-state index contributed by atoms with van der Waals surface area (Å²) in [4.78, 5) is 21.9. The minimum Gasteiger partial charge on any atom is -0.339 e. The van der Waals surface area contributed by atoms with Crippen molar-refractivity contribution in [1.29, 1.82) is 0 Å². The third kappa shape index (κ3) is 4.52. The van der Waals surface area contributed by atoms with Crippen molar-refractivity contribution in [3.8, 4) is 0 Å². The second-order valence-corrected chi connectivity index (χ2v) is 5.74. The molecule has 21 heavy (non-hydrogen) atoms. The molecule has 0 saturated heterocycles. The van der Waals surface area contributed by atoms with Gasteiger partial charge in [0.15, 0.2) is 5.82 Å². The Bertz CT molecular complexity index is 567. The number of hydrogen-bond acceptors (Lipinski definition) is 6. The van der Waals surface area contributed by atoms with E-state index in [-0.39, 0.29) is 11.9 Å². The topological polar surface area (TPSA) is 84.2 Å². The fraction of sp³-hybridized carbons (Fsp3) is 0.538. The molecule has 0 atom stereocenters. The number of thiazole rings is 1. The number of carbonyl (C=O) groups is 1. The Morgan fingerprint density at radius 1 is 1.52 bits per heavy atom. The van der Waals surface area contributed by atoms with Crippen molar-refractivity contribution in [2.75, 3.05) is 13.6 Å². The molecule has 0 aliphatic rings. The van der Waals surface area contributed by atoms with Crippen LogP contribution in [0.2, 0.25) is 0 Å². The van der Waals surface area contributed by atoms with Crippen molar-refractivity contribution in [3.63, 3.8) is 0 Å². The predicted molar refractivity (Wildman–Crippen MR) is 79.1 cm³/mol. The first-order valence-electron chi connectivity index (χ1n) is 6.74. The highest BCUT2D eigenvalue weighted by Crippen LogP contribution is 2.10. The van der Waals surface area contributed by atoms with E-state index in [0.29, 0.717) is 31.2 Å². The van der Waals surface area contributed by atoms with Crippen LogP contribution >= 0.6 is 11.3 Å². The zero-order chi connectivity index (χ0) is 15.2. The highest BCUT2D eigenvalue weighted by molar-refractivity contribution is 7.07. The lowest BCUT2D eigenvalue weighted by molar-refractivity contribution is 0.206. The Labute approximate surface area is 127 Å². The van der Waals surface area contributed by atoms with Gasteiger partial charge in [-0.1, -0.05) is 19.0 Å². The van der Waals surface area contributed by atoms with Gasteiger partial charge in [0.1, 0.15) is 0 Å². The number of nitrogens with one attached hydrogen (secondary N) is 1. The van der Waals surface area contributed by atoms with Gasteiger partial charge in [0, 0.05) is 31.3 Å². The summed E-state index contributed by atoms with van der Waals surface area (Å²) in [6.45, 7) is 4.95. The summed E-state index contributed by atoms with van der Waals surface area (Å²) in [7, 11) is 1.74. The molecule has 0 aliphatic heterocycles. The van der Waals surface area contributed by atoms with Gasteiger partial charge >= 0.3 is 6.03 Å². The molecule has 2 amide bonds. The fourth-order valence-electron chi connectivity index (χ4n) is 1.65. The van der Waals surface area contributed by atoms with Crippen molar-refractivity contribution < 1.29 is 9.32 Å². The molecule has 114 valence electrons. The second-order valence-electron chi connectivity index (χ2n) is 5.02. The average molecular weight is 309 g/mol. The van der Waals surface area contributed by atoms with Crippen LogP contribution in [0.15, 0.2) is 15.4 Å². The van der Waals surface area contributed by atoms with Crippen molar-refractivity contribution in [1.82, 2.24) is 25.3 Å². The van der Waals surface area contributed by atoms with Crippen LogP contribution in [0.25, 0.3) is 0 Å². The zero-order valence-corrected chi connectivity index (χ0v) is 13.2. The molecule has 0 bridgehead atoms. The number of amides is 2. The number of rotatable bonds is 6. The van der Waals surface area contributed by atoms with E-state index in [1.165, 1.54) is 11.3 Å². The molecule has 0 aliphatic carbocycles. The minimum atomic E-state index is -0.143. The number of carbonyl (C=O) groups excluding carboxylic acids is 1. The Morgan fingerprint density at radius 2 is 2.33 bits per heavy atom. The molecule has 0 fully saturated rings. The van der Waals surface area contributed by atoms with E-state index in [9.17, 15) is 4.79 Å². The summed E-state index contributed by atoms with van der Waals surface area (Å²) >= 11 is 1.52. The van der Waals surface area contributed by atoms with Crippen molar-refractivity contribution >= 4 is 17.4 Å². The molecule has 0 radical (unpaired) electrons. The Kier molecular flexibility index (Phi) is 5.26. The van der Waals surface area contributed by atoms with E-state index >= 15 is 0 Å². The molecule has 0 unspecified atom stereocenters. The molecule has 2 heterocycles. The van der Waals surface area contributed by atoms with E-state index in [1.54, 1.807) is 17.5 Å². The maximum Gasteiger partial charge on any atom is 0.317 e. The third-order valence-electron chi connectivity index (χ3n) is 2.83. The molecule has 2 aromatic heterocycles. The highest BCUT2D eigenvalue weighted by Gasteiger charge is 2.12. The van der Waals surface area contributed by atoms with Crippen LogP contribution in [0.4, 0.5) is 4.79 Å². The van der Waals surface area contributed by atoms with Gasteiger partial charge in [-0.3, -0.25) is 0 Å². The van der Waals surface area contributed by atoms with Crippen LogP contribution in [0, 0.1) is 0 Å². The smallest absolute Gasteiger partial charge is 0.317 e. The summed E-state index contributed by atoms with van der Waals surface area (Å²) in [5.74, 6) is 1.45. The molecular formula is C13H19N5O2S. The number of urea groups is 1. The van der Waals surface area contributed by atoms with Crippen molar-refractivity contribution in [3.05, 3.63) is 28.3 Å². The second kappa shape index (κ2) is 7.16. The van der Waals surface area contributed by atoms with Gasteiger partial charge in [-0.05, 0) is 0 Å². The molecule has 7 nitrogen and oxygen atoms in total.